The molecule has 4 nitrogen and oxygen atoms in total. The lowest BCUT2D eigenvalue weighted by atomic mass is 10.1. The van der Waals surface area contributed by atoms with Crippen LogP contribution >= 0.6 is 0 Å². The van der Waals surface area contributed by atoms with Gasteiger partial charge in [0.2, 0.25) is 0 Å². The molecule has 2 N–H and O–H groups in total. The van der Waals surface area contributed by atoms with Crippen molar-refractivity contribution in [1.29, 1.82) is 0 Å². The van der Waals surface area contributed by atoms with Crippen molar-refractivity contribution in [3.63, 3.8) is 0 Å². The molecule has 0 aliphatic carbocycles. The lowest BCUT2D eigenvalue weighted by molar-refractivity contribution is 0.394. The molecule has 2 aromatic rings. The van der Waals surface area contributed by atoms with Gasteiger partial charge in [0.25, 0.3) is 0 Å². The molecule has 2 rings (SSSR count). The second-order valence-electron chi connectivity index (χ2n) is 4.19. The highest BCUT2D eigenvalue weighted by molar-refractivity contribution is 5.76. The molecule has 0 fully saturated rings. The Balaban J connectivity index is 2.36. The van der Waals surface area contributed by atoms with Crippen molar-refractivity contribution >= 4 is 12.2 Å². The second kappa shape index (κ2) is 6.02. The minimum atomic E-state index is 0.0242. The van der Waals surface area contributed by atoms with Gasteiger partial charge in [-0.25, -0.2) is 0 Å². The SMILES string of the molecule is COc1cc(/C=C/c2c(O)cccc2O)cc(OC)c1. The molecule has 0 spiro atoms. The third kappa shape index (κ3) is 3.03. The second-order valence-corrected chi connectivity index (χ2v) is 4.19. The van der Waals surface area contributed by atoms with Gasteiger partial charge in [0.15, 0.2) is 0 Å². The van der Waals surface area contributed by atoms with Crippen LogP contribution in [0, 0.1) is 0 Å². The number of phenols is 2. The summed E-state index contributed by atoms with van der Waals surface area (Å²) in [6.07, 6.45) is 3.40. The zero-order valence-corrected chi connectivity index (χ0v) is 11.3. The summed E-state index contributed by atoms with van der Waals surface area (Å²) in [6.45, 7) is 0. The highest BCUT2D eigenvalue weighted by atomic mass is 16.5. The highest BCUT2D eigenvalue weighted by Gasteiger charge is 2.03. The number of aromatic hydroxyl groups is 2. The maximum absolute atomic E-state index is 9.71. The van der Waals surface area contributed by atoms with Gasteiger partial charge in [-0.2, -0.15) is 0 Å². The number of ether oxygens (including phenoxy) is 2. The summed E-state index contributed by atoms with van der Waals surface area (Å²) in [5.74, 6) is 1.39. The van der Waals surface area contributed by atoms with Crippen molar-refractivity contribution < 1.29 is 19.7 Å². The average Bonchev–Trinajstić information content (AvgIpc) is 2.46. The Morgan fingerprint density at radius 3 is 1.90 bits per heavy atom. The third-order valence-electron chi connectivity index (χ3n) is 2.88. The normalized spacial score (nSPS) is 10.7. The van der Waals surface area contributed by atoms with Gasteiger partial charge in [-0.15, -0.1) is 0 Å². The Labute approximate surface area is 117 Å². The smallest absolute Gasteiger partial charge is 0.126 e. The predicted octanol–water partition coefficient (Wildman–Crippen LogP) is 3.29. The van der Waals surface area contributed by atoms with Gasteiger partial charge in [0.1, 0.15) is 23.0 Å². The van der Waals surface area contributed by atoms with Gasteiger partial charge in [-0.3, -0.25) is 0 Å². The summed E-state index contributed by atoms with van der Waals surface area (Å²) >= 11 is 0. The molecule has 0 heterocycles. The highest BCUT2D eigenvalue weighted by Crippen LogP contribution is 2.29. The minimum Gasteiger partial charge on any atom is -0.507 e. The van der Waals surface area contributed by atoms with Crippen LogP contribution in [0.4, 0.5) is 0 Å². The minimum absolute atomic E-state index is 0.0242. The molecule has 0 radical (unpaired) electrons. The van der Waals surface area contributed by atoms with Crippen LogP contribution in [0.2, 0.25) is 0 Å². The van der Waals surface area contributed by atoms with Crippen LogP contribution < -0.4 is 9.47 Å². The molecule has 0 saturated carbocycles. The van der Waals surface area contributed by atoms with E-state index in [1.807, 2.05) is 12.1 Å². The molecule has 2 aromatic carbocycles. The van der Waals surface area contributed by atoms with Crippen LogP contribution in [0.1, 0.15) is 11.1 Å². The van der Waals surface area contributed by atoms with E-state index in [0.29, 0.717) is 17.1 Å². The molecule has 4 heteroatoms. The fourth-order valence-corrected chi connectivity index (χ4v) is 1.82. The first-order chi connectivity index (χ1) is 9.63. The predicted molar refractivity (Wildman–Crippen MR) is 78.2 cm³/mol. The first-order valence-electron chi connectivity index (χ1n) is 6.06. The third-order valence-corrected chi connectivity index (χ3v) is 2.88. The van der Waals surface area contributed by atoms with E-state index in [0.717, 1.165) is 5.56 Å². The number of benzene rings is 2. The average molecular weight is 272 g/mol. The van der Waals surface area contributed by atoms with Crippen molar-refractivity contribution in [2.75, 3.05) is 14.2 Å². The van der Waals surface area contributed by atoms with E-state index < -0.39 is 0 Å². The molecule has 0 aliphatic heterocycles. The summed E-state index contributed by atoms with van der Waals surface area (Å²) in [7, 11) is 3.16. The van der Waals surface area contributed by atoms with Crippen LogP contribution in [0.5, 0.6) is 23.0 Å². The molecule has 0 atom stereocenters. The van der Waals surface area contributed by atoms with Crippen LogP contribution in [0.15, 0.2) is 36.4 Å². The van der Waals surface area contributed by atoms with Crippen molar-refractivity contribution in [1.82, 2.24) is 0 Å². The van der Waals surface area contributed by atoms with E-state index in [4.69, 9.17) is 9.47 Å². The zero-order valence-electron chi connectivity index (χ0n) is 11.3. The summed E-state index contributed by atoms with van der Waals surface area (Å²) in [4.78, 5) is 0. The topological polar surface area (TPSA) is 58.9 Å². The van der Waals surface area contributed by atoms with E-state index >= 15 is 0 Å². The number of rotatable bonds is 4. The summed E-state index contributed by atoms with van der Waals surface area (Å²) in [6, 6.07) is 10.1. The van der Waals surface area contributed by atoms with Crippen molar-refractivity contribution in [3.05, 3.63) is 47.5 Å². The summed E-state index contributed by atoms with van der Waals surface area (Å²) in [5, 5.41) is 19.4. The molecule has 0 aliphatic rings. The van der Waals surface area contributed by atoms with Gasteiger partial charge in [-0.05, 0) is 35.9 Å². The Morgan fingerprint density at radius 1 is 0.850 bits per heavy atom. The van der Waals surface area contributed by atoms with E-state index in [1.54, 1.807) is 38.5 Å². The van der Waals surface area contributed by atoms with Crippen molar-refractivity contribution in [3.8, 4) is 23.0 Å². The van der Waals surface area contributed by atoms with Gasteiger partial charge in [0.05, 0.1) is 19.8 Å². The van der Waals surface area contributed by atoms with E-state index in [2.05, 4.69) is 0 Å². The van der Waals surface area contributed by atoms with Crippen LogP contribution in [-0.2, 0) is 0 Å². The molecule has 0 amide bonds. The first-order valence-corrected chi connectivity index (χ1v) is 6.06. The molecular weight excluding hydrogens is 256 g/mol. The molecule has 0 aromatic heterocycles. The van der Waals surface area contributed by atoms with Crippen molar-refractivity contribution in [2.45, 2.75) is 0 Å². The first kappa shape index (κ1) is 13.8. The number of phenolic OH excluding ortho intramolecular Hbond substituents is 2. The standard InChI is InChI=1S/C16H16O4/c1-19-12-8-11(9-13(10-12)20-2)6-7-14-15(17)4-3-5-16(14)18/h3-10,17-18H,1-2H3/b7-6+. The lowest BCUT2D eigenvalue weighted by Gasteiger charge is -2.06. The lowest BCUT2D eigenvalue weighted by Crippen LogP contribution is -1.88. The molecule has 0 unspecified atom stereocenters. The zero-order chi connectivity index (χ0) is 14.5. The maximum atomic E-state index is 9.71. The Hall–Kier alpha value is -2.62. The monoisotopic (exact) mass is 272 g/mol. The quantitative estimate of drug-likeness (QED) is 0.838. The molecule has 0 saturated heterocycles. The molecule has 0 bridgehead atoms. The Bertz CT molecular complexity index is 590. The van der Waals surface area contributed by atoms with E-state index in [1.165, 1.54) is 12.1 Å². The van der Waals surface area contributed by atoms with Crippen molar-refractivity contribution in [2.24, 2.45) is 0 Å². The molecular formula is C16H16O4. The fourth-order valence-electron chi connectivity index (χ4n) is 1.82. The number of hydrogen-bond donors (Lipinski definition) is 2. The van der Waals surface area contributed by atoms with Crippen LogP contribution in [0.25, 0.3) is 12.2 Å². The maximum Gasteiger partial charge on any atom is 0.126 e. The van der Waals surface area contributed by atoms with Gasteiger partial charge in [0, 0.05) is 6.07 Å². The molecule has 20 heavy (non-hydrogen) atoms. The van der Waals surface area contributed by atoms with Crippen LogP contribution in [-0.4, -0.2) is 24.4 Å². The summed E-state index contributed by atoms with van der Waals surface area (Å²) < 4.78 is 10.4. The van der Waals surface area contributed by atoms with Gasteiger partial charge < -0.3 is 19.7 Å². The van der Waals surface area contributed by atoms with E-state index in [9.17, 15) is 10.2 Å². The largest absolute Gasteiger partial charge is 0.507 e. The Kier molecular flexibility index (Phi) is 4.15. The van der Waals surface area contributed by atoms with Gasteiger partial charge in [-0.1, -0.05) is 12.1 Å². The molecule has 104 valence electrons. The number of hydrogen-bond acceptors (Lipinski definition) is 4. The Morgan fingerprint density at radius 2 is 1.40 bits per heavy atom. The fraction of sp³-hybridized carbons (Fsp3) is 0.125. The van der Waals surface area contributed by atoms with E-state index in [-0.39, 0.29) is 11.5 Å². The number of methoxy groups -OCH3 is 2. The van der Waals surface area contributed by atoms with Gasteiger partial charge >= 0.3 is 0 Å². The van der Waals surface area contributed by atoms with Crippen LogP contribution in [0.3, 0.4) is 0 Å². The summed E-state index contributed by atoms with van der Waals surface area (Å²) in [5.41, 5.74) is 1.21.